The molecule has 1 heterocycles. The molecule has 0 spiro atoms. The van der Waals surface area contributed by atoms with Crippen LogP contribution in [0.15, 0.2) is 54.6 Å². The number of esters is 1. The van der Waals surface area contributed by atoms with Crippen molar-refractivity contribution in [1.82, 2.24) is 0 Å². The fraction of sp³-hybridized carbons (Fsp3) is 0.316. The van der Waals surface area contributed by atoms with E-state index in [9.17, 15) is 27.9 Å². The Morgan fingerprint density at radius 3 is 2.10 bits per heavy atom. The summed E-state index contributed by atoms with van der Waals surface area (Å²) in [4.78, 5) is 22.7. The van der Waals surface area contributed by atoms with E-state index in [1.165, 1.54) is 31.4 Å². The number of carbonyl (C=O) groups is 2. The highest BCUT2D eigenvalue weighted by Crippen LogP contribution is 2.43. The molecule has 0 aromatic heterocycles. The molecule has 3 aliphatic carbocycles. The number of ether oxygens (including phenoxy) is 3. The molecule has 0 fully saturated rings. The van der Waals surface area contributed by atoms with E-state index in [0.29, 0.717) is 62.0 Å². The Bertz CT molecular complexity index is 1970. The molecular weight excluding hydrogens is 716 g/mol. The summed E-state index contributed by atoms with van der Waals surface area (Å²) in [7, 11) is 1.38. The number of carbonyl (C=O) groups excluding carboxylic acids is 2. The molecule has 6 nitrogen and oxygen atoms in total. The van der Waals surface area contributed by atoms with Crippen LogP contribution in [0.25, 0.3) is 0 Å². The van der Waals surface area contributed by atoms with Gasteiger partial charge in [-0.25, -0.2) is 13.2 Å². The zero-order valence-electron chi connectivity index (χ0n) is 26.8. The molecular formula is C38H32Cl3F3O6. The lowest BCUT2D eigenvalue weighted by atomic mass is 9.98. The number of ketones is 1. The molecule has 262 valence electrons. The van der Waals surface area contributed by atoms with Crippen molar-refractivity contribution >= 4 is 46.6 Å². The van der Waals surface area contributed by atoms with Crippen LogP contribution < -0.4 is 9.47 Å². The van der Waals surface area contributed by atoms with Gasteiger partial charge in [0.25, 0.3) is 0 Å². The highest BCUT2D eigenvalue weighted by atomic mass is 35.5. The van der Waals surface area contributed by atoms with Crippen molar-refractivity contribution in [3.05, 3.63) is 126 Å². The lowest BCUT2D eigenvalue weighted by Gasteiger charge is -2.16. The SMILES string of the molecule is COC(=O)C[C@@H]1COc2cc(O[C@@H]3CCc4c3ccc(F)c4Cl)ccc21.O=C1CCc2c1ccc(F)c2Cl.O[C@H]1CCc2c1ccc(F)c2Cl. The van der Waals surface area contributed by atoms with Gasteiger partial charge in [0.05, 0.1) is 41.3 Å². The summed E-state index contributed by atoms with van der Waals surface area (Å²) in [6.45, 7) is 0.453. The molecule has 4 aliphatic rings. The monoisotopic (exact) mass is 746 g/mol. The molecule has 1 N–H and O–H groups in total. The quantitative estimate of drug-likeness (QED) is 0.210. The molecule has 8 rings (SSSR count). The van der Waals surface area contributed by atoms with Crippen molar-refractivity contribution in [2.45, 2.75) is 63.1 Å². The third-order valence-electron chi connectivity index (χ3n) is 9.38. The Hall–Kier alpha value is -3.76. The third kappa shape index (κ3) is 7.33. The van der Waals surface area contributed by atoms with E-state index in [4.69, 9.17) is 49.0 Å². The fourth-order valence-corrected chi connectivity index (χ4v) is 7.54. The van der Waals surface area contributed by atoms with Crippen LogP contribution in [0.4, 0.5) is 13.2 Å². The molecule has 0 radical (unpaired) electrons. The van der Waals surface area contributed by atoms with Gasteiger partial charge in [0.2, 0.25) is 0 Å². The molecule has 0 amide bonds. The number of rotatable bonds is 4. The Labute approximate surface area is 302 Å². The van der Waals surface area contributed by atoms with Crippen molar-refractivity contribution < 1.29 is 42.1 Å². The van der Waals surface area contributed by atoms with Gasteiger partial charge in [-0.05, 0) is 90.3 Å². The van der Waals surface area contributed by atoms with Crippen molar-refractivity contribution in [2.75, 3.05) is 13.7 Å². The average Bonchev–Trinajstić information content (AvgIpc) is 3.90. The third-order valence-corrected chi connectivity index (χ3v) is 10.6. The Morgan fingerprint density at radius 2 is 1.40 bits per heavy atom. The number of halogens is 6. The van der Waals surface area contributed by atoms with Crippen molar-refractivity contribution in [2.24, 2.45) is 0 Å². The number of hydrogen-bond acceptors (Lipinski definition) is 6. The van der Waals surface area contributed by atoms with Gasteiger partial charge in [-0.15, -0.1) is 0 Å². The normalized spacial score (nSPS) is 19.2. The first-order chi connectivity index (χ1) is 24.0. The first kappa shape index (κ1) is 36.0. The van der Waals surface area contributed by atoms with E-state index < -0.39 is 23.6 Å². The maximum Gasteiger partial charge on any atom is 0.306 e. The van der Waals surface area contributed by atoms with E-state index >= 15 is 0 Å². The standard InChI is InChI=1S/C20H18ClFO4.C9H8ClFO.C9H6ClFO/c1-24-19(23)8-11-10-25-18-9-12(2-3-13(11)18)26-17-7-5-15-14(17)4-6-16(22)20(15)21;2*10-9-6-2-4-8(12)5(6)1-3-7(9)11/h2-4,6,9,11,17H,5,7-8,10H2,1H3;1,3,8,12H,2,4H2;1,3H,2,4H2/t11-,17-;8-;/m10./s1. The Morgan fingerprint density at radius 1 is 0.800 bits per heavy atom. The topological polar surface area (TPSA) is 82.1 Å². The van der Waals surface area contributed by atoms with Gasteiger partial charge < -0.3 is 19.3 Å². The second-order valence-corrected chi connectivity index (χ2v) is 13.5. The van der Waals surface area contributed by atoms with Crippen LogP contribution in [-0.4, -0.2) is 30.6 Å². The average molecular weight is 748 g/mol. The summed E-state index contributed by atoms with van der Waals surface area (Å²) in [6, 6.07) is 14.4. The summed E-state index contributed by atoms with van der Waals surface area (Å²) >= 11 is 17.5. The van der Waals surface area contributed by atoms with Gasteiger partial charge in [0.1, 0.15) is 35.1 Å². The minimum atomic E-state index is -0.460. The fourth-order valence-electron chi connectivity index (χ4n) is 6.75. The van der Waals surface area contributed by atoms with Crippen molar-refractivity contribution in [3.8, 4) is 11.5 Å². The lowest BCUT2D eigenvalue weighted by molar-refractivity contribution is -0.141. The molecule has 1 aliphatic heterocycles. The van der Waals surface area contributed by atoms with Gasteiger partial charge >= 0.3 is 5.97 Å². The number of methoxy groups -OCH3 is 1. The van der Waals surface area contributed by atoms with Gasteiger partial charge in [-0.2, -0.15) is 0 Å². The number of Topliss-reactive ketones (excluding diaryl/α,β-unsaturated/α-hetero) is 1. The Kier molecular flexibility index (Phi) is 11.0. The Balaban J connectivity index is 0.000000149. The summed E-state index contributed by atoms with van der Waals surface area (Å²) in [5.41, 5.74) is 5.54. The van der Waals surface area contributed by atoms with E-state index in [-0.39, 0.29) is 38.8 Å². The van der Waals surface area contributed by atoms with E-state index in [1.54, 1.807) is 12.1 Å². The summed E-state index contributed by atoms with van der Waals surface area (Å²) in [5.74, 6) is -0.0124. The molecule has 50 heavy (non-hydrogen) atoms. The van der Waals surface area contributed by atoms with Crippen LogP contribution in [0, 0.1) is 17.5 Å². The van der Waals surface area contributed by atoms with Crippen molar-refractivity contribution in [3.63, 3.8) is 0 Å². The summed E-state index contributed by atoms with van der Waals surface area (Å²) in [5, 5.41) is 9.89. The number of aliphatic hydroxyl groups excluding tert-OH is 1. The number of fused-ring (bicyclic) bond motifs is 4. The summed E-state index contributed by atoms with van der Waals surface area (Å²) < 4.78 is 55.9. The summed E-state index contributed by atoms with van der Waals surface area (Å²) in [6.07, 6.45) is 3.48. The maximum absolute atomic E-state index is 13.6. The van der Waals surface area contributed by atoms with Gasteiger partial charge in [0, 0.05) is 29.5 Å². The predicted molar refractivity (Wildman–Crippen MR) is 183 cm³/mol. The molecule has 4 aromatic carbocycles. The lowest BCUT2D eigenvalue weighted by Crippen LogP contribution is -2.09. The highest BCUT2D eigenvalue weighted by molar-refractivity contribution is 6.32. The van der Waals surface area contributed by atoms with E-state index in [2.05, 4.69) is 0 Å². The maximum atomic E-state index is 13.6. The van der Waals surface area contributed by atoms with Crippen LogP contribution in [0.2, 0.25) is 15.1 Å². The first-order valence-corrected chi connectivity index (χ1v) is 17.2. The largest absolute Gasteiger partial charge is 0.492 e. The van der Waals surface area contributed by atoms with Crippen LogP contribution in [-0.2, 0) is 28.8 Å². The van der Waals surface area contributed by atoms with Crippen LogP contribution in [0.3, 0.4) is 0 Å². The van der Waals surface area contributed by atoms with Crippen LogP contribution >= 0.6 is 34.8 Å². The minimum Gasteiger partial charge on any atom is -0.492 e. The zero-order chi connectivity index (χ0) is 35.7. The highest BCUT2D eigenvalue weighted by Gasteiger charge is 2.30. The molecule has 0 unspecified atom stereocenters. The predicted octanol–water partition coefficient (Wildman–Crippen LogP) is 9.65. The molecule has 3 atom stereocenters. The van der Waals surface area contributed by atoms with E-state index in [0.717, 1.165) is 40.0 Å². The van der Waals surface area contributed by atoms with Gasteiger partial charge in [-0.1, -0.05) is 53.0 Å². The second kappa shape index (κ2) is 15.2. The molecule has 4 aromatic rings. The van der Waals surface area contributed by atoms with Gasteiger partial charge in [0.15, 0.2) is 5.78 Å². The first-order valence-electron chi connectivity index (χ1n) is 16.1. The molecule has 0 bridgehead atoms. The molecule has 0 saturated carbocycles. The smallest absolute Gasteiger partial charge is 0.306 e. The minimum absolute atomic E-state index is 0.000452. The zero-order valence-corrected chi connectivity index (χ0v) is 29.1. The van der Waals surface area contributed by atoms with Crippen LogP contribution in [0.1, 0.15) is 87.5 Å². The number of benzene rings is 4. The van der Waals surface area contributed by atoms with Gasteiger partial charge in [-0.3, -0.25) is 9.59 Å². The number of hydrogen-bond donors (Lipinski definition) is 1. The van der Waals surface area contributed by atoms with E-state index in [1.807, 2.05) is 18.2 Å². The molecule has 0 saturated heterocycles. The van der Waals surface area contributed by atoms with Crippen molar-refractivity contribution in [1.29, 1.82) is 0 Å². The molecule has 12 heteroatoms. The van der Waals surface area contributed by atoms with Crippen LogP contribution in [0.5, 0.6) is 11.5 Å². The second-order valence-electron chi connectivity index (χ2n) is 12.4. The number of aliphatic hydroxyl groups is 1.